The lowest BCUT2D eigenvalue weighted by molar-refractivity contribution is 0.0595. The number of carbonyl (C=O) groups excluding carboxylic acids is 1. The molecule has 1 aromatic heterocycles. The highest BCUT2D eigenvalue weighted by Gasteiger charge is 2.24. The first-order valence-corrected chi connectivity index (χ1v) is 8.65. The third-order valence-corrected chi connectivity index (χ3v) is 4.99. The van der Waals surface area contributed by atoms with Crippen molar-refractivity contribution in [1.82, 2.24) is 9.97 Å². The second-order valence-corrected chi connectivity index (χ2v) is 6.62. The highest BCUT2D eigenvalue weighted by atomic mass is 19.1. The van der Waals surface area contributed by atoms with Gasteiger partial charge in [0.25, 0.3) is 0 Å². The molecule has 3 N–H and O–H groups in total. The van der Waals surface area contributed by atoms with Crippen molar-refractivity contribution in [2.75, 3.05) is 19.5 Å². The zero-order chi connectivity index (χ0) is 18.7. The second-order valence-electron chi connectivity index (χ2n) is 6.62. The molecule has 1 saturated carbocycles. The van der Waals surface area contributed by atoms with Gasteiger partial charge >= 0.3 is 5.97 Å². The van der Waals surface area contributed by atoms with Crippen LogP contribution in [0, 0.1) is 11.7 Å². The van der Waals surface area contributed by atoms with E-state index in [-0.39, 0.29) is 23.9 Å². The summed E-state index contributed by atoms with van der Waals surface area (Å²) in [7, 11) is 1.20. The number of nitrogens with zero attached hydrogens (tertiary/aromatic N) is 2. The highest BCUT2D eigenvalue weighted by Crippen LogP contribution is 2.36. The van der Waals surface area contributed by atoms with Crippen molar-refractivity contribution >= 4 is 11.8 Å². The molecule has 1 aromatic carbocycles. The van der Waals surface area contributed by atoms with E-state index in [4.69, 9.17) is 5.73 Å². The molecule has 1 fully saturated rings. The Kier molecular flexibility index (Phi) is 5.46. The van der Waals surface area contributed by atoms with Crippen LogP contribution in [0.2, 0.25) is 0 Å². The zero-order valence-corrected chi connectivity index (χ0v) is 14.6. The number of esters is 1. The topological polar surface area (TPSA) is 98.3 Å². The summed E-state index contributed by atoms with van der Waals surface area (Å²) in [6.07, 6.45) is 5.43. The van der Waals surface area contributed by atoms with Crippen LogP contribution < -0.4 is 5.73 Å². The highest BCUT2D eigenvalue weighted by molar-refractivity contribution is 5.90. The van der Waals surface area contributed by atoms with E-state index in [9.17, 15) is 14.3 Å². The molecule has 0 amide bonds. The van der Waals surface area contributed by atoms with Crippen LogP contribution in [0.15, 0.2) is 24.4 Å². The lowest BCUT2D eigenvalue weighted by atomic mass is 9.81. The first kappa shape index (κ1) is 18.3. The third-order valence-electron chi connectivity index (χ3n) is 4.99. The monoisotopic (exact) mass is 359 g/mol. The van der Waals surface area contributed by atoms with Gasteiger partial charge in [-0.25, -0.2) is 19.2 Å². The summed E-state index contributed by atoms with van der Waals surface area (Å²) in [5.41, 5.74) is 7.50. The molecule has 0 saturated heterocycles. The molecule has 1 aliphatic carbocycles. The number of aliphatic hydroxyl groups is 1. The van der Waals surface area contributed by atoms with E-state index in [0.29, 0.717) is 17.2 Å². The number of rotatable bonds is 4. The molecule has 1 aliphatic rings. The zero-order valence-electron chi connectivity index (χ0n) is 14.6. The van der Waals surface area contributed by atoms with Crippen molar-refractivity contribution in [3.05, 3.63) is 41.5 Å². The Bertz CT molecular complexity index is 805. The van der Waals surface area contributed by atoms with E-state index >= 15 is 0 Å². The molecule has 0 atom stereocenters. The van der Waals surface area contributed by atoms with E-state index in [1.807, 2.05) is 0 Å². The Morgan fingerprint density at radius 3 is 2.69 bits per heavy atom. The summed E-state index contributed by atoms with van der Waals surface area (Å²) >= 11 is 0. The largest absolute Gasteiger partial charge is 0.465 e. The van der Waals surface area contributed by atoms with Gasteiger partial charge < -0.3 is 15.6 Å². The van der Waals surface area contributed by atoms with E-state index in [0.717, 1.165) is 31.4 Å². The number of hydrogen-bond donors (Lipinski definition) is 2. The fourth-order valence-corrected chi connectivity index (χ4v) is 3.40. The van der Waals surface area contributed by atoms with Gasteiger partial charge in [0.1, 0.15) is 17.3 Å². The van der Waals surface area contributed by atoms with Crippen molar-refractivity contribution in [2.24, 2.45) is 5.92 Å². The van der Waals surface area contributed by atoms with Gasteiger partial charge in [-0.1, -0.05) is 6.07 Å². The van der Waals surface area contributed by atoms with Crippen LogP contribution in [-0.2, 0) is 4.74 Å². The molecule has 0 bridgehead atoms. The number of benzene rings is 1. The number of aromatic nitrogens is 2. The number of ether oxygens (including phenoxy) is 1. The number of halogens is 1. The minimum absolute atomic E-state index is 0.138. The number of methoxy groups -OCH3 is 1. The molecule has 6 nitrogen and oxygen atoms in total. The number of hydrogen-bond acceptors (Lipinski definition) is 6. The summed E-state index contributed by atoms with van der Waals surface area (Å²) < 4.78 is 18.8. The molecular weight excluding hydrogens is 337 g/mol. The molecule has 2 aromatic rings. The van der Waals surface area contributed by atoms with Crippen LogP contribution in [0.25, 0.3) is 11.3 Å². The summed E-state index contributed by atoms with van der Waals surface area (Å²) in [5.74, 6) is -0.605. The molecule has 26 heavy (non-hydrogen) atoms. The minimum atomic E-state index is -0.734. The average Bonchev–Trinajstić information content (AvgIpc) is 2.68. The average molecular weight is 359 g/mol. The molecule has 0 aliphatic heterocycles. The fraction of sp³-hybridized carbons (Fsp3) is 0.421. The first-order chi connectivity index (χ1) is 12.5. The van der Waals surface area contributed by atoms with Crippen molar-refractivity contribution < 1.29 is 19.0 Å². The van der Waals surface area contributed by atoms with Crippen molar-refractivity contribution in [2.45, 2.75) is 31.6 Å². The van der Waals surface area contributed by atoms with Gasteiger partial charge in [0.15, 0.2) is 0 Å². The van der Waals surface area contributed by atoms with Gasteiger partial charge in [-0.3, -0.25) is 0 Å². The van der Waals surface area contributed by atoms with Gasteiger partial charge in [-0.2, -0.15) is 0 Å². The predicted octanol–water partition coefficient (Wildman–Crippen LogP) is 2.92. The Hall–Kier alpha value is -2.54. The van der Waals surface area contributed by atoms with Gasteiger partial charge in [0.2, 0.25) is 0 Å². The lowest BCUT2D eigenvalue weighted by Crippen LogP contribution is -2.17. The molecular formula is C19H22FN3O3. The van der Waals surface area contributed by atoms with Crippen LogP contribution in [0.1, 0.15) is 47.7 Å². The van der Waals surface area contributed by atoms with Gasteiger partial charge in [0, 0.05) is 18.1 Å². The van der Waals surface area contributed by atoms with Crippen molar-refractivity contribution in [3.63, 3.8) is 0 Å². The number of anilines is 1. The molecule has 0 spiro atoms. The number of aliphatic hydroxyl groups excluding tert-OH is 1. The summed E-state index contributed by atoms with van der Waals surface area (Å²) in [5, 5.41) is 9.27. The lowest BCUT2D eigenvalue weighted by Gasteiger charge is -2.27. The van der Waals surface area contributed by atoms with Crippen LogP contribution in [-0.4, -0.2) is 34.8 Å². The molecule has 138 valence electrons. The van der Waals surface area contributed by atoms with Crippen LogP contribution >= 0.6 is 0 Å². The molecule has 3 rings (SSSR count). The van der Waals surface area contributed by atoms with E-state index in [1.54, 1.807) is 12.3 Å². The maximum atomic E-state index is 14.2. The molecule has 0 unspecified atom stereocenters. The van der Waals surface area contributed by atoms with Crippen LogP contribution in [0.5, 0.6) is 0 Å². The Morgan fingerprint density at radius 1 is 1.35 bits per heavy atom. The number of carbonyl (C=O) groups is 1. The Morgan fingerprint density at radius 2 is 2.08 bits per heavy atom. The SMILES string of the molecule is COC(=O)c1ccc(-c2nc(C3CCC(CO)CC3)cnc2N)cc1F. The van der Waals surface area contributed by atoms with Crippen molar-refractivity contribution in [3.8, 4) is 11.3 Å². The minimum Gasteiger partial charge on any atom is -0.465 e. The van der Waals surface area contributed by atoms with Crippen LogP contribution in [0.3, 0.4) is 0 Å². The van der Waals surface area contributed by atoms with E-state index in [2.05, 4.69) is 14.7 Å². The maximum Gasteiger partial charge on any atom is 0.340 e. The van der Waals surface area contributed by atoms with E-state index in [1.165, 1.54) is 19.2 Å². The third kappa shape index (κ3) is 3.67. The van der Waals surface area contributed by atoms with Crippen molar-refractivity contribution in [1.29, 1.82) is 0 Å². The van der Waals surface area contributed by atoms with Gasteiger partial charge in [-0.05, 0) is 43.7 Å². The summed E-state index contributed by atoms with van der Waals surface area (Å²) in [6.45, 7) is 0.219. The predicted molar refractivity (Wildman–Crippen MR) is 95.0 cm³/mol. The first-order valence-electron chi connectivity index (χ1n) is 8.65. The van der Waals surface area contributed by atoms with Gasteiger partial charge in [-0.15, -0.1) is 0 Å². The smallest absolute Gasteiger partial charge is 0.340 e. The summed E-state index contributed by atoms with van der Waals surface area (Å²) in [6, 6.07) is 4.16. The molecule has 1 heterocycles. The number of nitrogen functional groups attached to an aromatic ring is 1. The second kappa shape index (κ2) is 7.78. The maximum absolute atomic E-state index is 14.2. The molecule has 0 radical (unpaired) electrons. The van der Waals surface area contributed by atoms with E-state index < -0.39 is 11.8 Å². The van der Waals surface area contributed by atoms with Gasteiger partial charge in [0.05, 0.1) is 24.6 Å². The summed E-state index contributed by atoms with van der Waals surface area (Å²) in [4.78, 5) is 20.4. The molecule has 7 heteroatoms. The number of nitrogens with two attached hydrogens (primary N) is 1. The Balaban J connectivity index is 1.89. The fourth-order valence-electron chi connectivity index (χ4n) is 3.40. The quantitative estimate of drug-likeness (QED) is 0.815. The van der Waals surface area contributed by atoms with Crippen LogP contribution in [0.4, 0.5) is 10.2 Å². The Labute approximate surface area is 151 Å². The normalized spacial score (nSPS) is 20.0. The standard InChI is InChI=1S/C19H22FN3O3/c1-26-19(25)14-7-6-13(8-15(14)20)17-18(21)22-9-16(23-17)12-4-2-11(10-24)3-5-12/h6-9,11-12,24H,2-5,10H2,1H3,(H2,21,22).